The predicted molar refractivity (Wildman–Crippen MR) is 67.9 cm³/mol. The zero-order valence-corrected chi connectivity index (χ0v) is 11.2. The van der Waals surface area contributed by atoms with Gasteiger partial charge in [0.25, 0.3) is 0 Å². The number of hydrogen-bond acceptors (Lipinski definition) is 4. The van der Waals surface area contributed by atoms with Crippen LogP contribution in [0.1, 0.15) is 19.3 Å². The maximum Gasteiger partial charge on any atom is 0.326 e. The Bertz CT molecular complexity index is 419. The normalized spacial score (nSPS) is 40.2. The van der Waals surface area contributed by atoms with E-state index >= 15 is 0 Å². The number of fused-ring (bicyclic) bond motifs is 1. The van der Waals surface area contributed by atoms with Gasteiger partial charge in [-0.25, -0.2) is 9.59 Å². The van der Waals surface area contributed by atoms with Gasteiger partial charge in [-0.3, -0.25) is 0 Å². The summed E-state index contributed by atoms with van der Waals surface area (Å²) in [5.74, 6) is -0.626. The lowest BCUT2D eigenvalue weighted by atomic mass is 9.94. The second kappa shape index (κ2) is 4.89. The average Bonchev–Trinajstić information content (AvgIpc) is 3.02. The van der Waals surface area contributed by atoms with Gasteiger partial charge in [-0.15, -0.1) is 0 Å². The van der Waals surface area contributed by atoms with Crippen LogP contribution in [0.3, 0.4) is 0 Å². The van der Waals surface area contributed by atoms with Crippen LogP contribution in [0.25, 0.3) is 0 Å². The Morgan fingerprint density at radius 1 is 1.00 bits per heavy atom. The summed E-state index contributed by atoms with van der Waals surface area (Å²) in [7, 11) is 0. The fourth-order valence-electron chi connectivity index (χ4n) is 3.93. The second-order valence-corrected chi connectivity index (χ2v) is 6.11. The molecule has 3 aliphatic rings. The molecule has 2 heterocycles. The van der Waals surface area contributed by atoms with Crippen LogP contribution in [0.15, 0.2) is 0 Å². The minimum absolute atomic E-state index is 0.0499. The Kier molecular flexibility index (Phi) is 3.33. The molecule has 5 unspecified atom stereocenters. The number of urea groups is 1. The van der Waals surface area contributed by atoms with Gasteiger partial charge in [0, 0.05) is 6.54 Å². The SMILES string of the molecule is O=C(O)C1C2CCCC2CN1C(=O)N1CC(O)C(O)C1. The number of β-amino-alcohol motifs (C(OH)–C–C–N with tert-alkyl or cyclic N) is 2. The molecule has 20 heavy (non-hydrogen) atoms. The highest BCUT2D eigenvalue weighted by Gasteiger charge is 2.51. The minimum Gasteiger partial charge on any atom is -0.480 e. The third-order valence-corrected chi connectivity index (χ3v) is 4.92. The molecule has 0 bridgehead atoms. The zero-order chi connectivity index (χ0) is 14.4. The Labute approximate surface area is 116 Å². The van der Waals surface area contributed by atoms with Crippen molar-refractivity contribution in [2.24, 2.45) is 11.8 Å². The number of aliphatic carboxylic acids is 1. The topological polar surface area (TPSA) is 101 Å². The van der Waals surface area contributed by atoms with E-state index in [1.54, 1.807) is 0 Å². The summed E-state index contributed by atoms with van der Waals surface area (Å²) in [5, 5.41) is 28.5. The number of amides is 2. The number of aliphatic hydroxyl groups excluding tert-OH is 2. The molecule has 0 aromatic carbocycles. The quantitative estimate of drug-likeness (QED) is 0.593. The van der Waals surface area contributed by atoms with Gasteiger partial charge in [0.05, 0.1) is 25.3 Å². The van der Waals surface area contributed by atoms with Gasteiger partial charge in [0.1, 0.15) is 6.04 Å². The number of hydrogen-bond donors (Lipinski definition) is 3. The van der Waals surface area contributed by atoms with Crippen LogP contribution < -0.4 is 0 Å². The predicted octanol–water partition coefficient (Wildman–Crippen LogP) is -0.671. The Balaban J connectivity index is 1.76. The number of carbonyl (C=O) groups excluding carboxylic acids is 1. The molecule has 2 saturated heterocycles. The highest BCUT2D eigenvalue weighted by atomic mass is 16.4. The summed E-state index contributed by atoms with van der Waals surface area (Å²) < 4.78 is 0. The molecule has 0 spiro atoms. The van der Waals surface area contributed by atoms with Crippen LogP contribution >= 0.6 is 0 Å². The van der Waals surface area contributed by atoms with Crippen molar-refractivity contribution in [3.63, 3.8) is 0 Å². The number of likely N-dealkylation sites (tertiary alicyclic amines) is 2. The molecular weight excluding hydrogens is 264 g/mol. The van der Waals surface area contributed by atoms with Gasteiger partial charge in [-0.1, -0.05) is 6.42 Å². The molecule has 2 amide bonds. The first-order valence-corrected chi connectivity index (χ1v) is 7.13. The molecule has 0 radical (unpaired) electrons. The second-order valence-electron chi connectivity index (χ2n) is 6.11. The van der Waals surface area contributed by atoms with E-state index in [1.165, 1.54) is 9.80 Å². The van der Waals surface area contributed by atoms with Gasteiger partial charge in [-0.05, 0) is 24.7 Å². The van der Waals surface area contributed by atoms with E-state index in [0.717, 1.165) is 19.3 Å². The Morgan fingerprint density at radius 3 is 2.25 bits per heavy atom. The first-order chi connectivity index (χ1) is 9.49. The van der Waals surface area contributed by atoms with Crippen molar-refractivity contribution in [1.82, 2.24) is 9.80 Å². The molecule has 5 atom stereocenters. The van der Waals surface area contributed by atoms with Crippen LogP contribution in [0.5, 0.6) is 0 Å². The van der Waals surface area contributed by atoms with E-state index in [-0.39, 0.29) is 31.0 Å². The van der Waals surface area contributed by atoms with E-state index in [4.69, 9.17) is 0 Å². The first-order valence-electron chi connectivity index (χ1n) is 7.13. The minimum atomic E-state index is -0.951. The van der Waals surface area contributed by atoms with Crippen molar-refractivity contribution in [2.45, 2.75) is 37.5 Å². The summed E-state index contributed by atoms with van der Waals surface area (Å²) in [6, 6.07) is -1.13. The molecule has 7 heteroatoms. The third kappa shape index (κ3) is 2.05. The van der Waals surface area contributed by atoms with Crippen molar-refractivity contribution < 1.29 is 24.9 Å². The molecule has 1 aliphatic carbocycles. The van der Waals surface area contributed by atoms with Gasteiger partial charge in [-0.2, -0.15) is 0 Å². The lowest BCUT2D eigenvalue weighted by molar-refractivity contribution is -0.142. The van der Waals surface area contributed by atoms with Gasteiger partial charge >= 0.3 is 12.0 Å². The third-order valence-electron chi connectivity index (χ3n) is 4.92. The Morgan fingerprint density at radius 2 is 1.65 bits per heavy atom. The molecule has 0 aromatic rings. The Hall–Kier alpha value is -1.34. The van der Waals surface area contributed by atoms with Crippen LogP contribution in [0.4, 0.5) is 4.79 Å². The lowest BCUT2D eigenvalue weighted by Gasteiger charge is -2.28. The van der Waals surface area contributed by atoms with Crippen molar-refractivity contribution in [3.05, 3.63) is 0 Å². The summed E-state index contributed by atoms with van der Waals surface area (Å²) in [6.45, 7) is 0.611. The molecular formula is C13H20N2O5. The van der Waals surface area contributed by atoms with E-state index < -0.39 is 24.2 Å². The number of carboxylic acids is 1. The van der Waals surface area contributed by atoms with Crippen molar-refractivity contribution in [1.29, 1.82) is 0 Å². The van der Waals surface area contributed by atoms with Gasteiger partial charge in [0.15, 0.2) is 0 Å². The van der Waals surface area contributed by atoms with E-state index in [9.17, 15) is 24.9 Å². The van der Waals surface area contributed by atoms with Crippen molar-refractivity contribution in [2.75, 3.05) is 19.6 Å². The molecule has 3 rings (SSSR count). The van der Waals surface area contributed by atoms with Crippen LogP contribution in [-0.4, -0.2) is 75.0 Å². The maximum absolute atomic E-state index is 12.5. The van der Waals surface area contributed by atoms with E-state index in [2.05, 4.69) is 0 Å². The summed E-state index contributed by atoms with van der Waals surface area (Å²) in [6.07, 6.45) is 0.983. The molecule has 7 nitrogen and oxygen atoms in total. The highest BCUT2D eigenvalue weighted by Crippen LogP contribution is 2.42. The lowest BCUT2D eigenvalue weighted by Crippen LogP contribution is -2.49. The average molecular weight is 284 g/mol. The number of carbonyl (C=O) groups is 2. The first kappa shape index (κ1) is 13.6. The monoisotopic (exact) mass is 284 g/mol. The fraction of sp³-hybridized carbons (Fsp3) is 0.846. The number of carboxylic acid groups (broad SMARTS) is 1. The summed E-state index contributed by atoms with van der Waals surface area (Å²) in [4.78, 5) is 26.7. The van der Waals surface area contributed by atoms with Crippen molar-refractivity contribution >= 4 is 12.0 Å². The van der Waals surface area contributed by atoms with Crippen molar-refractivity contribution in [3.8, 4) is 0 Å². The number of aliphatic hydroxyl groups is 2. The van der Waals surface area contributed by atoms with Crippen LogP contribution in [0, 0.1) is 11.8 Å². The smallest absolute Gasteiger partial charge is 0.326 e. The van der Waals surface area contributed by atoms with Gasteiger partial charge < -0.3 is 25.1 Å². The van der Waals surface area contributed by atoms with Crippen LogP contribution in [0.2, 0.25) is 0 Å². The number of rotatable bonds is 1. The van der Waals surface area contributed by atoms with E-state index in [0.29, 0.717) is 6.54 Å². The number of nitrogens with zero attached hydrogens (tertiary/aromatic N) is 2. The molecule has 1 saturated carbocycles. The summed E-state index contributed by atoms with van der Waals surface area (Å²) in [5.41, 5.74) is 0. The van der Waals surface area contributed by atoms with Gasteiger partial charge in [0.2, 0.25) is 0 Å². The molecule has 0 aromatic heterocycles. The molecule has 112 valence electrons. The fourth-order valence-corrected chi connectivity index (χ4v) is 3.93. The van der Waals surface area contributed by atoms with E-state index in [1.807, 2.05) is 0 Å². The highest BCUT2D eigenvalue weighted by molar-refractivity contribution is 5.84. The molecule has 3 fully saturated rings. The summed E-state index contributed by atoms with van der Waals surface area (Å²) >= 11 is 0. The maximum atomic E-state index is 12.5. The van der Waals surface area contributed by atoms with Crippen LogP contribution in [-0.2, 0) is 4.79 Å². The molecule has 3 N–H and O–H groups in total. The largest absolute Gasteiger partial charge is 0.480 e. The molecule has 2 aliphatic heterocycles. The zero-order valence-electron chi connectivity index (χ0n) is 11.2. The standard InChI is InChI=1S/C13H20N2O5/c16-9-5-14(6-10(9)17)13(20)15-4-7-2-1-3-8(7)11(15)12(18)19/h7-11,16-17H,1-6H2,(H,18,19).